The zero-order valence-corrected chi connectivity index (χ0v) is 34.8. The van der Waals surface area contributed by atoms with E-state index in [2.05, 4.69) is 86.8 Å². The number of nitrogens with two attached hydrogens (primary N) is 1. The maximum absolute atomic E-state index is 12.6. The Bertz CT molecular complexity index is 1110. The average Bonchev–Trinajstić information content (AvgIpc) is 3.16. The molecular formula is C44H76NO8P. The second-order valence-corrected chi connectivity index (χ2v) is 14.9. The quantitative estimate of drug-likeness (QED) is 0.0272. The molecule has 0 aliphatic rings. The van der Waals surface area contributed by atoms with E-state index in [-0.39, 0.29) is 32.6 Å². The van der Waals surface area contributed by atoms with Gasteiger partial charge in [0.1, 0.15) is 6.61 Å². The lowest BCUT2D eigenvalue weighted by atomic mass is 10.1. The highest BCUT2D eigenvalue weighted by Gasteiger charge is 2.25. The number of esters is 2. The summed E-state index contributed by atoms with van der Waals surface area (Å²) in [4.78, 5) is 34.8. The van der Waals surface area contributed by atoms with Crippen molar-refractivity contribution in [1.82, 2.24) is 0 Å². The monoisotopic (exact) mass is 778 g/mol. The second kappa shape index (κ2) is 40.1. The van der Waals surface area contributed by atoms with Crippen LogP contribution in [-0.2, 0) is 32.7 Å². The van der Waals surface area contributed by atoms with Crippen LogP contribution in [-0.4, -0.2) is 49.3 Å². The lowest BCUT2D eigenvalue weighted by Gasteiger charge is -2.19. The fourth-order valence-electron chi connectivity index (χ4n) is 5.24. The van der Waals surface area contributed by atoms with Crippen LogP contribution in [0, 0.1) is 0 Å². The molecular weight excluding hydrogens is 701 g/mol. The van der Waals surface area contributed by atoms with Crippen molar-refractivity contribution >= 4 is 19.8 Å². The minimum atomic E-state index is -4.39. The van der Waals surface area contributed by atoms with Gasteiger partial charge < -0.3 is 20.1 Å². The SMILES string of the molecule is CC/C=C\C/C=C\C/C=C\C/C=C\C/C=C\CCCCCCCC(=O)OC(COC(=O)CCCCCCC/C=C\CCCCC)COP(=O)(O)OCCN. The number of carbonyl (C=O) groups excluding carboxylic acids is 2. The van der Waals surface area contributed by atoms with Crippen LogP contribution in [0.2, 0.25) is 0 Å². The molecule has 0 aromatic rings. The lowest BCUT2D eigenvalue weighted by molar-refractivity contribution is -0.161. The number of phosphoric ester groups is 1. The van der Waals surface area contributed by atoms with E-state index in [9.17, 15) is 19.0 Å². The Kier molecular flexibility index (Phi) is 38.2. The molecule has 2 atom stereocenters. The number of unbranched alkanes of at least 4 members (excludes halogenated alkanes) is 13. The third-order valence-corrected chi connectivity index (χ3v) is 9.31. The number of phosphoric acid groups is 1. The molecule has 9 nitrogen and oxygen atoms in total. The Morgan fingerprint density at radius 1 is 0.574 bits per heavy atom. The van der Waals surface area contributed by atoms with Gasteiger partial charge in [-0.05, 0) is 83.5 Å². The third-order valence-electron chi connectivity index (χ3n) is 8.33. The molecule has 0 fully saturated rings. The van der Waals surface area contributed by atoms with Gasteiger partial charge in [-0.3, -0.25) is 18.6 Å². The first-order chi connectivity index (χ1) is 26.3. The van der Waals surface area contributed by atoms with Gasteiger partial charge in [0.25, 0.3) is 0 Å². The first-order valence-electron chi connectivity index (χ1n) is 20.9. The second-order valence-electron chi connectivity index (χ2n) is 13.5. The molecule has 0 amide bonds. The summed E-state index contributed by atoms with van der Waals surface area (Å²) < 4.78 is 32.7. The van der Waals surface area contributed by atoms with E-state index >= 15 is 0 Å². The summed E-state index contributed by atoms with van der Waals surface area (Å²) in [5.41, 5.74) is 5.34. The van der Waals surface area contributed by atoms with Gasteiger partial charge in [-0.15, -0.1) is 0 Å². The van der Waals surface area contributed by atoms with Crippen LogP contribution < -0.4 is 5.73 Å². The van der Waals surface area contributed by atoms with E-state index in [0.717, 1.165) is 103 Å². The van der Waals surface area contributed by atoms with Gasteiger partial charge in [-0.25, -0.2) is 4.57 Å². The van der Waals surface area contributed by atoms with Crippen molar-refractivity contribution in [2.75, 3.05) is 26.4 Å². The van der Waals surface area contributed by atoms with Crippen molar-refractivity contribution in [2.45, 2.75) is 168 Å². The van der Waals surface area contributed by atoms with Gasteiger partial charge in [0.2, 0.25) is 0 Å². The molecule has 0 saturated heterocycles. The third kappa shape index (κ3) is 39.2. The van der Waals surface area contributed by atoms with Crippen LogP contribution in [0.3, 0.4) is 0 Å². The molecule has 310 valence electrons. The Balaban J connectivity index is 4.22. The topological polar surface area (TPSA) is 134 Å². The highest BCUT2D eigenvalue weighted by Crippen LogP contribution is 2.43. The molecule has 0 bridgehead atoms. The Hall–Kier alpha value is -2.55. The van der Waals surface area contributed by atoms with Crippen molar-refractivity contribution in [3.05, 3.63) is 72.9 Å². The maximum atomic E-state index is 12.6. The predicted molar refractivity (Wildman–Crippen MR) is 224 cm³/mol. The highest BCUT2D eigenvalue weighted by atomic mass is 31.2. The summed E-state index contributed by atoms with van der Waals surface area (Å²) in [7, 11) is -4.39. The first kappa shape index (κ1) is 51.5. The smallest absolute Gasteiger partial charge is 0.462 e. The number of hydrogen-bond donors (Lipinski definition) is 2. The van der Waals surface area contributed by atoms with Gasteiger partial charge >= 0.3 is 19.8 Å². The molecule has 3 N–H and O–H groups in total. The molecule has 0 spiro atoms. The molecule has 0 saturated carbocycles. The summed E-state index contributed by atoms with van der Waals surface area (Å²) in [6.45, 7) is 3.54. The normalized spacial score (nSPS) is 14.1. The Morgan fingerprint density at radius 3 is 1.54 bits per heavy atom. The van der Waals surface area contributed by atoms with Crippen LogP contribution in [0.5, 0.6) is 0 Å². The Labute approximate surface area is 329 Å². The fraction of sp³-hybridized carbons (Fsp3) is 0.682. The van der Waals surface area contributed by atoms with Crippen molar-refractivity contribution < 1.29 is 37.6 Å². The summed E-state index contributed by atoms with van der Waals surface area (Å²) in [6.07, 6.45) is 47.9. The maximum Gasteiger partial charge on any atom is 0.472 e. The van der Waals surface area contributed by atoms with E-state index < -0.39 is 32.5 Å². The standard InChI is InChI=1S/C44H76NO8P/c1-3-5-7-9-11-13-15-17-18-19-20-21-22-23-24-25-27-29-31-33-35-37-44(47)53-42(41-52-54(48,49)51-39-38-45)40-50-43(46)36-34-32-30-28-26-16-14-12-10-8-6-4-2/h5,7,11-14,17-18,20-21,23-24,42H,3-4,6,8-10,15-16,19,22,25-41,45H2,1-2H3,(H,48,49)/b7-5-,13-11-,14-12-,18-17-,21-20-,24-23-. The molecule has 0 radical (unpaired) electrons. The van der Waals surface area contributed by atoms with E-state index in [1.54, 1.807) is 0 Å². The van der Waals surface area contributed by atoms with Gasteiger partial charge in [-0.1, -0.05) is 138 Å². The van der Waals surface area contributed by atoms with E-state index in [1.807, 2.05) is 0 Å². The largest absolute Gasteiger partial charge is 0.472 e. The zero-order valence-electron chi connectivity index (χ0n) is 33.9. The van der Waals surface area contributed by atoms with Crippen molar-refractivity contribution in [1.29, 1.82) is 0 Å². The van der Waals surface area contributed by atoms with Gasteiger partial charge in [-0.2, -0.15) is 0 Å². The summed E-state index contributed by atoms with van der Waals surface area (Å²) in [5.74, 6) is -0.868. The van der Waals surface area contributed by atoms with Crippen LogP contribution >= 0.6 is 7.82 Å². The Morgan fingerprint density at radius 2 is 1.02 bits per heavy atom. The molecule has 10 heteroatoms. The molecule has 0 aromatic heterocycles. The van der Waals surface area contributed by atoms with Crippen LogP contribution in [0.25, 0.3) is 0 Å². The summed E-state index contributed by atoms with van der Waals surface area (Å²) in [5, 5.41) is 0. The molecule has 2 unspecified atom stereocenters. The molecule has 0 aliphatic heterocycles. The van der Waals surface area contributed by atoms with Crippen LogP contribution in [0.4, 0.5) is 0 Å². The van der Waals surface area contributed by atoms with Crippen molar-refractivity contribution in [3.63, 3.8) is 0 Å². The molecule has 0 rings (SSSR count). The highest BCUT2D eigenvalue weighted by molar-refractivity contribution is 7.47. The summed E-state index contributed by atoms with van der Waals surface area (Å²) in [6, 6.07) is 0. The minimum Gasteiger partial charge on any atom is -0.462 e. The van der Waals surface area contributed by atoms with Crippen molar-refractivity contribution in [2.24, 2.45) is 5.73 Å². The number of carbonyl (C=O) groups is 2. The molecule has 0 aliphatic carbocycles. The first-order valence-corrected chi connectivity index (χ1v) is 22.4. The molecule has 54 heavy (non-hydrogen) atoms. The number of rotatable bonds is 38. The van der Waals surface area contributed by atoms with Gasteiger partial charge in [0.05, 0.1) is 13.2 Å². The number of allylic oxidation sites excluding steroid dienone is 12. The van der Waals surface area contributed by atoms with Gasteiger partial charge in [0, 0.05) is 19.4 Å². The summed E-state index contributed by atoms with van der Waals surface area (Å²) >= 11 is 0. The lowest BCUT2D eigenvalue weighted by Crippen LogP contribution is -2.29. The minimum absolute atomic E-state index is 0.0451. The fourth-order valence-corrected chi connectivity index (χ4v) is 6.01. The molecule has 0 heterocycles. The van der Waals surface area contributed by atoms with E-state index in [4.69, 9.17) is 24.3 Å². The van der Waals surface area contributed by atoms with Crippen molar-refractivity contribution in [3.8, 4) is 0 Å². The van der Waals surface area contributed by atoms with E-state index in [0.29, 0.717) is 12.8 Å². The predicted octanol–water partition coefficient (Wildman–Crippen LogP) is 11.9. The van der Waals surface area contributed by atoms with E-state index in [1.165, 1.54) is 19.3 Å². The number of hydrogen-bond acceptors (Lipinski definition) is 8. The number of ether oxygens (including phenoxy) is 2. The van der Waals surface area contributed by atoms with Gasteiger partial charge in [0.15, 0.2) is 6.10 Å². The van der Waals surface area contributed by atoms with Crippen LogP contribution in [0.15, 0.2) is 72.9 Å². The zero-order chi connectivity index (χ0) is 39.6. The molecule has 0 aromatic carbocycles. The average molecular weight is 778 g/mol. The van der Waals surface area contributed by atoms with Crippen LogP contribution in [0.1, 0.15) is 162 Å².